The molecular weight excluding hydrogens is 593 g/mol. The molecule has 1 aliphatic rings. The molecule has 1 fully saturated rings. The summed E-state index contributed by atoms with van der Waals surface area (Å²) < 4.78 is 49.1. The molecule has 1 amide bonds. The van der Waals surface area contributed by atoms with Crippen LogP contribution in [0.5, 0.6) is 5.75 Å². The van der Waals surface area contributed by atoms with Gasteiger partial charge in [-0.1, -0.05) is 24.3 Å². The fourth-order valence-corrected chi connectivity index (χ4v) is 5.78. The molecule has 0 saturated carbocycles. The van der Waals surface area contributed by atoms with Crippen LogP contribution in [-0.2, 0) is 6.18 Å². The van der Waals surface area contributed by atoms with Crippen LogP contribution in [0, 0.1) is 13.8 Å². The molecule has 0 unspecified atom stereocenters. The Morgan fingerprint density at radius 3 is 2.39 bits per heavy atom. The van der Waals surface area contributed by atoms with Gasteiger partial charge >= 0.3 is 6.18 Å². The Balaban J connectivity index is 1.36. The van der Waals surface area contributed by atoms with Crippen LogP contribution in [-0.4, -0.2) is 46.6 Å². The maximum Gasteiger partial charge on any atom is 0.416 e. The van der Waals surface area contributed by atoms with Crippen molar-refractivity contribution >= 4 is 22.5 Å². The number of aromatic nitrogens is 2. The van der Waals surface area contributed by atoms with E-state index in [2.05, 4.69) is 15.2 Å². The van der Waals surface area contributed by atoms with E-state index in [1.165, 1.54) is 6.07 Å². The Hall–Kier alpha value is -4.96. The number of benzene rings is 3. The van der Waals surface area contributed by atoms with Gasteiger partial charge in [0.15, 0.2) is 0 Å². The number of carbonyl (C=O) groups excluding carboxylic acids is 1. The van der Waals surface area contributed by atoms with Crippen molar-refractivity contribution in [3.05, 3.63) is 118 Å². The highest BCUT2D eigenvalue weighted by Crippen LogP contribution is 2.34. The highest BCUT2D eigenvalue weighted by molar-refractivity contribution is 6.05. The molecule has 236 valence electrons. The molecule has 0 bridgehead atoms. The molecule has 0 aliphatic carbocycles. The number of halogens is 3. The topological polar surface area (TPSA) is 76.5 Å². The lowest BCUT2D eigenvalue weighted by Gasteiger charge is -2.29. The monoisotopic (exact) mass is 626 g/mol. The van der Waals surface area contributed by atoms with Gasteiger partial charge in [0.2, 0.25) is 0 Å². The molecule has 0 atom stereocenters. The molecule has 6 rings (SSSR count). The number of carbonyl (C=O) groups is 1. The van der Waals surface area contributed by atoms with Crippen molar-refractivity contribution in [2.75, 3.05) is 25.5 Å². The third-order valence-corrected chi connectivity index (χ3v) is 8.29. The van der Waals surface area contributed by atoms with Gasteiger partial charge in [-0.3, -0.25) is 19.1 Å². The van der Waals surface area contributed by atoms with Gasteiger partial charge in [-0.2, -0.15) is 13.2 Å². The van der Waals surface area contributed by atoms with Crippen molar-refractivity contribution in [2.24, 2.45) is 0 Å². The molecule has 10 heteroatoms. The van der Waals surface area contributed by atoms with Gasteiger partial charge in [0.05, 0.1) is 11.1 Å². The lowest BCUT2D eigenvalue weighted by Crippen LogP contribution is -2.35. The minimum atomic E-state index is -4.67. The Labute approximate surface area is 264 Å². The summed E-state index contributed by atoms with van der Waals surface area (Å²) in [7, 11) is 1.98. The van der Waals surface area contributed by atoms with Gasteiger partial charge < -0.3 is 15.0 Å². The van der Waals surface area contributed by atoms with E-state index in [0.29, 0.717) is 40.9 Å². The standard InChI is InChI=1S/C36H33F3N4O3/c1-22-9-10-27(41-34(44)24-16-26(36(37,38)39)19-30(17-24)46-29-11-13-42(3)14-12-29)20-31(22)32-18-25-21-40-23(2)15-33(25)43(35(32)45)28-7-5-4-6-8-28/h4-10,15-21,29H,11-14H2,1-3H3,(H,41,44). The molecule has 7 nitrogen and oxygen atoms in total. The van der Waals surface area contributed by atoms with Crippen LogP contribution in [0.25, 0.3) is 27.7 Å². The van der Waals surface area contributed by atoms with E-state index >= 15 is 0 Å². The Kier molecular flexibility index (Phi) is 8.39. The van der Waals surface area contributed by atoms with Crippen LogP contribution in [0.3, 0.4) is 0 Å². The summed E-state index contributed by atoms with van der Waals surface area (Å²) in [5.74, 6) is -0.727. The lowest BCUT2D eigenvalue weighted by atomic mass is 9.99. The number of alkyl halides is 3. The third kappa shape index (κ3) is 6.53. The summed E-state index contributed by atoms with van der Waals surface area (Å²) >= 11 is 0. The number of pyridine rings is 2. The van der Waals surface area contributed by atoms with E-state index in [1.54, 1.807) is 35.0 Å². The largest absolute Gasteiger partial charge is 0.490 e. The van der Waals surface area contributed by atoms with Crippen LogP contribution in [0.15, 0.2) is 89.9 Å². The molecule has 1 aliphatic heterocycles. The summed E-state index contributed by atoms with van der Waals surface area (Å²) in [4.78, 5) is 34.1. The Bertz CT molecular complexity index is 1980. The van der Waals surface area contributed by atoms with Crippen LogP contribution in [0.2, 0.25) is 0 Å². The number of nitrogens with zero attached hydrogens (tertiary/aromatic N) is 3. The van der Waals surface area contributed by atoms with Gasteiger partial charge in [0, 0.05) is 52.9 Å². The number of ether oxygens (including phenoxy) is 1. The first-order chi connectivity index (χ1) is 22.0. The maximum atomic E-state index is 14.1. The fraction of sp³-hybridized carbons (Fsp3) is 0.250. The summed E-state index contributed by atoms with van der Waals surface area (Å²) in [6.45, 7) is 5.26. The molecule has 1 saturated heterocycles. The van der Waals surface area contributed by atoms with Crippen molar-refractivity contribution < 1.29 is 22.7 Å². The first kappa shape index (κ1) is 31.0. The number of rotatable bonds is 6. The number of anilines is 1. The number of likely N-dealkylation sites (tertiary alicyclic amines) is 1. The highest BCUT2D eigenvalue weighted by Gasteiger charge is 2.32. The van der Waals surface area contributed by atoms with Crippen molar-refractivity contribution in [1.29, 1.82) is 0 Å². The number of amides is 1. The zero-order valence-electron chi connectivity index (χ0n) is 25.7. The minimum absolute atomic E-state index is 0.000552. The number of nitrogens with one attached hydrogen (secondary N) is 1. The van der Waals surface area contributed by atoms with Crippen molar-refractivity contribution in [3.63, 3.8) is 0 Å². The van der Waals surface area contributed by atoms with Crippen LogP contribution in [0.1, 0.15) is 40.0 Å². The molecular formula is C36H33F3N4O3. The van der Waals surface area contributed by atoms with E-state index in [1.807, 2.05) is 57.3 Å². The summed E-state index contributed by atoms with van der Waals surface area (Å²) in [5, 5.41) is 3.48. The highest BCUT2D eigenvalue weighted by atomic mass is 19.4. The second-order valence-corrected chi connectivity index (χ2v) is 11.8. The van der Waals surface area contributed by atoms with Gasteiger partial charge in [0.25, 0.3) is 11.5 Å². The molecule has 5 aromatic rings. The first-order valence-electron chi connectivity index (χ1n) is 15.0. The van der Waals surface area contributed by atoms with E-state index in [-0.39, 0.29) is 23.0 Å². The van der Waals surface area contributed by atoms with E-state index in [0.717, 1.165) is 41.9 Å². The van der Waals surface area contributed by atoms with Crippen molar-refractivity contribution in [1.82, 2.24) is 14.5 Å². The predicted octanol–water partition coefficient (Wildman–Crippen LogP) is 7.41. The summed E-state index contributed by atoms with van der Waals surface area (Å²) in [6.07, 6.45) is -1.84. The summed E-state index contributed by atoms with van der Waals surface area (Å²) in [5.41, 5.74) is 2.83. The third-order valence-electron chi connectivity index (χ3n) is 8.29. The number of hydrogen-bond donors (Lipinski definition) is 1. The minimum Gasteiger partial charge on any atom is -0.490 e. The van der Waals surface area contributed by atoms with Gasteiger partial charge in [0.1, 0.15) is 11.9 Å². The van der Waals surface area contributed by atoms with E-state index < -0.39 is 17.6 Å². The molecule has 46 heavy (non-hydrogen) atoms. The second kappa shape index (κ2) is 12.4. The van der Waals surface area contributed by atoms with Crippen LogP contribution >= 0.6 is 0 Å². The molecule has 3 heterocycles. The molecule has 1 N–H and O–H groups in total. The number of para-hydroxylation sites is 1. The summed E-state index contributed by atoms with van der Waals surface area (Å²) in [6, 6.07) is 21.1. The van der Waals surface area contributed by atoms with Gasteiger partial charge in [-0.15, -0.1) is 0 Å². The molecule has 2 aromatic heterocycles. The number of fused-ring (bicyclic) bond motifs is 1. The second-order valence-electron chi connectivity index (χ2n) is 11.8. The molecule has 3 aromatic carbocycles. The van der Waals surface area contributed by atoms with Gasteiger partial charge in [-0.05, 0) is 99.5 Å². The molecule has 0 spiro atoms. The fourth-order valence-electron chi connectivity index (χ4n) is 5.78. The normalized spacial score (nSPS) is 14.4. The Morgan fingerprint density at radius 2 is 1.67 bits per heavy atom. The van der Waals surface area contributed by atoms with E-state index in [9.17, 15) is 22.8 Å². The van der Waals surface area contributed by atoms with Crippen molar-refractivity contribution in [2.45, 2.75) is 39.0 Å². The Morgan fingerprint density at radius 1 is 0.935 bits per heavy atom. The number of hydrogen-bond acceptors (Lipinski definition) is 5. The molecule has 0 radical (unpaired) electrons. The average Bonchev–Trinajstić information content (AvgIpc) is 3.03. The zero-order chi connectivity index (χ0) is 32.6. The van der Waals surface area contributed by atoms with E-state index in [4.69, 9.17) is 4.74 Å². The average molecular weight is 627 g/mol. The van der Waals surface area contributed by atoms with Crippen LogP contribution < -0.4 is 15.6 Å². The lowest BCUT2D eigenvalue weighted by molar-refractivity contribution is -0.137. The number of aryl methyl sites for hydroxylation is 2. The smallest absolute Gasteiger partial charge is 0.416 e. The quantitative estimate of drug-likeness (QED) is 0.212. The zero-order valence-corrected chi connectivity index (χ0v) is 25.7. The predicted molar refractivity (Wildman–Crippen MR) is 173 cm³/mol. The number of piperidine rings is 1. The first-order valence-corrected chi connectivity index (χ1v) is 15.0. The van der Waals surface area contributed by atoms with Gasteiger partial charge in [-0.25, -0.2) is 0 Å². The van der Waals surface area contributed by atoms with Crippen LogP contribution in [0.4, 0.5) is 18.9 Å². The maximum absolute atomic E-state index is 14.1. The SMILES string of the molecule is Cc1cc2c(cn1)cc(-c1cc(NC(=O)c3cc(OC4CCN(C)CC4)cc(C(F)(F)F)c3)ccc1C)c(=O)n2-c1ccccc1. The van der Waals surface area contributed by atoms with Crippen molar-refractivity contribution in [3.8, 4) is 22.6 Å².